The highest BCUT2D eigenvalue weighted by molar-refractivity contribution is 5.94. The quantitative estimate of drug-likeness (QED) is 0.319. The summed E-state index contributed by atoms with van der Waals surface area (Å²) in [4.78, 5) is 12.8. The molecule has 5 nitrogen and oxygen atoms in total. The molecule has 20 heavy (non-hydrogen) atoms. The molecule has 0 atom stereocenters. The van der Waals surface area contributed by atoms with Gasteiger partial charge >= 0.3 is 0 Å². The summed E-state index contributed by atoms with van der Waals surface area (Å²) in [6, 6.07) is 0. The molecule has 4 bridgehead atoms. The molecule has 0 aromatic rings. The Hall–Kier alpha value is -1.26. The van der Waals surface area contributed by atoms with Crippen molar-refractivity contribution in [3.05, 3.63) is 0 Å². The topological polar surface area (TPSA) is 87.7 Å². The van der Waals surface area contributed by atoms with E-state index in [0.717, 1.165) is 37.0 Å². The molecule has 0 heterocycles. The second-order valence-corrected chi connectivity index (χ2v) is 7.76. The van der Waals surface area contributed by atoms with Crippen LogP contribution in [0, 0.1) is 23.2 Å². The highest BCUT2D eigenvalue weighted by Crippen LogP contribution is 2.60. The monoisotopic (exact) mass is 279 g/mol. The Kier molecular flexibility index (Phi) is 2.99. The van der Waals surface area contributed by atoms with Gasteiger partial charge in [-0.1, -0.05) is 5.16 Å². The summed E-state index contributed by atoms with van der Waals surface area (Å²) in [5.41, 5.74) is 4.69. The second kappa shape index (κ2) is 4.37. The lowest BCUT2D eigenvalue weighted by atomic mass is 9.49. The first kappa shape index (κ1) is 13.7. The Balaban J connectivity index is 1.77. The van der Waals surface area contributed by atoms with E-state index in [1.807, 2.05) is 0 Å². The van der Waals surface area contributed by atoms with Crippen molar-refractivity contribution in [3.8, 4) is 0 Å². The zero-order chi connectivity index (χ0) is 14.5. The van der Waals surface area contributed by atoms with Crippen molar-refractivity contribution in [3.63, 3.8) is 0 Å². The van der Waals surface area contributed by atoms with Crippen molar-refractivity contribution >= 4 is 11.7 Å². The lowest BCUT2D eigenvalue weighted by molar-refractivity contribution is -0.147. The van der Waals surface area contributed by atoms with E-state index in [-0.39, 0.29) is 17.2 Å². The van der Waals surface area contributed by atoms with E-state index in [2.05, 4.69) is 10.5 Å². The third kappa shape index (κ3) is 2.07. The van der Waals surface area contributed by atoms with Crippen LogP contribution in [0.2, 0.25) is 0 Å². The summed E-state index contributed by atoms with van der Waals surface area (Å²) in [7, 11) is 0. The van der Waals surface area contributed by atoms with Gasteiger partial charge in [-0.25, -0.2) is 0 Å². The zero-order valence-electron chi connectivity index (χ0n) is 12.4. The van der Waals surface area contributed by atoms with Crippen LogP contribution in [0.25, 0.3) is 0 Å². The van der Waals surface area contributed by atoms with Crippen LogP contribution in [0.3, 0.4) is 0 Å². The van der Waals surface area contributed by atoms with Gasteiger partial charge in [0, 0.05) is 5.41 Å². The maximum absolute atomic E-state index is 12.8. The lowest BCUT2D eigenvalue weighted by Gasteiger charge is -2.56. The summed E-state index contributed by atoms with van der Waals surface area (Å²) >= 11 is 0. The Morgan fingerprint density at radius 1 is 1.20 bits per heavy atom. The standard InChI is InChI=1S/C15H25N3O2/c1-14(2,12(16)18-20)17-13(19)15-6-9-3-10(7-15)5-11(4-9)8-15/h9-11,20H,3-8H2,1-2H3,(H2,16,18)(H,17,19). The predicted molar refractivity (Wildman–Crippen MR) is 76.2 cm³/mol. The van der Waals surface area contributed by atoms with E-state index in [9.17, 15) is 4.79 Å². The number of hydrogen-bond acceptors (Lipinski definition) is 3. The number of nitrogens with one attached hydrogen (secondary N) is 1. The maximum Gasteiger partial charge on any atom is 0.227 e. The molecule has 0 aliphatic heterocycles. The maximum atomic E-state index is 12.8. The van der Waals surface area contributed by atoms with Gasteiger partial charge in [0.2, 0.25) is 5.91 Å². The SMILES string of the molecule is CC(C)(NC(=O)C12CC3CC(CC(C3)C1)C2)/C(N)=N/O. The van der Waals surface area contributed by atoms with E-state index >= 15 is 0 Å². The number of nitrogens with two attached hydrogens (primary N) is 1. The Bertz CT molecular complexity index is 421. The van der Waals surface area contributed by atoms with Crippen molar-refractivity contribution in [2.75, 3.05) is 0 Å². The van der Waals surface area contributed by atoms with Crippen LogP contribution >= 0.6 is 0 Å². The summed E-state index contributed by atoms with van der Waals surface area (Å²) in [6.07, 6.45) is 7.02. The summed E-state index contributed by atoms with van der Waals surface area (Å²) in [5, 5.41) is 14.9. The van der Waals surface area contributed by atoms with Gasteiger partial charge in [0.05, 0.1) is 5.54 Å². The van der Waals surface area contributed by atoms with Gasteiger partial charge in [0.25, 0.3) is 0 Å². The average molecular weight is 279 g/mol. The van der Waals surface area contributed by atoms with Crippen LogP contribution < -0.4 is 11.1 Å². The van der Waals surface area contributed by atoms with Crippen LogP contribution in [0.1, 0.15) is 52.4 Å². The number of amidine groups is 1. The number of carbonyl (C=O) groups excluding carboxylic acids is 1. The first-order chi connectivity index (χ1) is 9.34. The molecule has 5 heteroatoms. The molecule has 4 aliphatic carbocycles. The Morgan fingerprint density at radius 3 is 2.05 bits per heavy atom. The lowest BCUT2D eigenvalue weighted by Crippen LogP contribution is -2.60. The van der Waals surface area contributed by atoms with Gasteiger partial charge in [-0.3, -0.25) is 4.79 Å². The number of hydrogen-bond donors (Lipinski definition) is 3. The predicted octanol–water partition coefficient (Wildman–Crippen LogP) is 1.84. The molecule has 0 saturated heterocycles. The smallest absolute Gasteiger partial charge is 0.227 e. The van der Waals surface area contributed by atoms with Crippen molar-refractivity contribution in [2.24, 2.45) is 34.1 Å². The van der Waals surface area contributed by atoms with Crippen molar-refractivity contribution in [2.45, 2.75) is 57.9 Å². The highest BCUT2D eigenvalue weighted by Gasteiger charge is 2.55. The minimum Gasteiger partial charge on any atom is -0.409 e. The van der Waals surface area contributed by atoms with E-state index < -0.39 is 5.54 Å². The fourth-order valence-corrected chi connectivity index (χ4v) is 4.99. The van der Waals surface area contributed by atoms with Gasteiger partial charge < -0.3 is 16.3 Å². The van der Waals surface area contributed by atoms with Crippen LogP contribution in [-0.2, 0) is 4.79 Å². The molecular weight excluding hydrogens is 254 g/mol. The van der Waals surface area contributed by atoms with Gasteiger partial charge in [-0.15, -0.1) is 0 Å². The third-order valence-electron chi connectivity index (χ3n) is 5.69. The average Bonchev–Trinajstić information content (AvgIpc) is 2.35. The minimum atomic E-state index is -0.796. The van der Waals surface area contributed by atoms with Crippen LogP contribution in [0.5, 0.6) is 0 Å². The number of amides is 1. The fourth-order valence-electron chi connectivity index (χ4n) is 4.99. The van der Waals surface area contributed by atoms with Crippen LogP contribution in [-0.4, -0.2) is 22.5 Å². The van der Waals surface area contributed by atoms with E-state index in [1.54, 1.807) is 13.8 Å². The Labute approximate surface area is 120 Å². The van der Waals surface area contributed by atoms with E-state index in [0.29, 0.717) is 0 Å². The number of oxime groups is 1. The molecule has 0 unspecified atom stereocenters. The molecular formula is C15H25N3O2. The molecule has 4 N–H and O–H groups in total. The summed E-state index contributed by atoms with van der Waals surface area (Å²) in [5.74, 6) is 2.36. The van der Waals surface area contributed by atoms with Crippen molar-refractivity contribution in [1.82, 2.24) is 5.32 Å². The van der Waals surface area contributed by atoms with E-state index in [1.165, 1.54) is 19.3 Å². The normalized spacial score (nSPS) is 39.9. The highest BCUT2D eigenvalue weighted by atomic mass is 16.4. The largest absolute Gasteiger partial charge is 0.409 e. The minimum absolute atomic E-state index is 0.0515. The molecule has 4 aliphatic rings. The fraction of sp³-hybridized carbons (Fsp3) is 0.867. The molecule has 4 rings (SSSR count). The summed E-state index contributed by atoms with van der Waals surface area (Å²) in [6.45, 7) is 3.56. The first-order valence-electron chi connectivity index (χ1n) is 7.65. The Morgan fingerprint density at radius 2 is 1.65 bits per heavy atom. The van der Waals surface area contributed by atoms with Gasteiger partial charge in [0.1, 0.15) is 0 Å². The number of carbonyl (C=O) groups is 1. The molecule has 0 aromatic carbocycles. The number of rotatable bonds is 3. The molecule has 112 valence electrons. The van der Waals surface area contributed by atoms with Gasteiger partial charge in [-0.2, -0.15) is 0 Å². The second-order valence-electron chi connectivity index (χ2n) is 7.76. The van der Waals surface area contributed by atoms with Gasteiger partial charge in [-0.05, 0) is 70.1 Å². The molecule has 0 radical (unpaired) electrons. The summed E-state index contributed by atoms with van der Waals surface area (Å²) < 4.78 is 0. The van der Waals surface area contributed by atoms with Crippen molar-refractivity contribution in [1.29, 1.82) is 0 Å². The molecule has 1 amide bonds. The zero-order valence-corrected chi connectivity index (χ0v) is 12.4. The molecule has 4 saturated carbocycles. The van der Waals surface area contributed by atoms with Crippen LogP contribution in [0.15, 0.2) is 5.16 Å². The van der Waals surface area contributed by atoms with E-state index in [4.69, 9.17) is 10.9 Å². The van der Waals surface area contributed by atoms with Crippen LogP contribution in [0.4, 0.5) is 0 Å². The molecule has 0 spiro atoms. The third-order valence-corrected chi connectivity index (χ3v) is 5.69. The van der Waals surface area contributed by atoms with Gasteiger partial charge in [0.15, 0.2) is 5.84 Å². The molecule has 0 aromatic heterocycles. The molecule has 4 fully saturated rings. The van der Waals surface area contributed by atoms with Crippen molar-refractivity contribution < 1.29 is 10.0 Å². The number of nitrogens with zero attached hydrogens (tertiary/aromatic N) is 1. The first-order valence-corrected chi connectivity index (χ1v) is 7.65.